The van der Waals surface area contributed by atoms with Gasteiger partial charge in [0.2, 0.25) is 0 Å². The Balaban J connectivity index is 2.03. The lowest BCUT2D eigenvalue weighted by Crippen LogP contribution is -2.44. The van der Waals surface area contributed by atoms with Crippen molar-refractivity contribution in [3.63, 3.8) is 0 Å². The summed E-state index contributed by atoms with van der Waals surface area (Å²) in [5.74, 6) is 0.738. The van der Waals surface area contributed by atoms with E-state index in [0.717, 1.165) is 29.8 Å². The molecule has 1 saturated heterocycles. The Kier molecular flexibility index (Phi) is 3.06. The fraction of sp³-hybridized carbons (Fsp3) is 0.462. The van der Waals surface area contributed by atoms with Gasteiger partial charge in [0.25, 0.3) is 0 Å². The average Bonchev–Trinajstić information content (AvgIpc) is 2.81. The molecule has 2 atom stereocenters. The minimum atomic E-state index is -3.08. The Morgan fingerprint density at radius 1 is 1.32 bits per heavy atom. The van der Waals surface area contributed by atoms with Crippen LogP contribution in [0.5, 0.6) is 0 Å². The summed E-state index contributed by atoms with van der Waals surface area (Å²) in [4.78, 5) is 7.82. The van der Waals surface area contributed by atoms with Crippen molar-refractivity contribution >= 4 is 20.9 Å². The molecule has 0 saturated carbocycles. The maximum atomic E-state index is 11.9. The van der Waals surface area contributed by atoms with Crippen molar-refractivity contribution in [1.82, 2.24) is 15.3 Å². The number of hydrogen-bond acceptors (Lipinski definition) is 4. The first-order valence-electron chi connectivity index (χ1n) is 6.40. The van der Waals surface area contributed by atoms with Gasteiger partial charge in [-0.2, -0.15) is 0 Å². The maximum Gasteiger partial charge on any atom is 0.152 e. The Morgan fingerprint density at radius 2 is 2.11 bits per heavy atom. The molecule has 1 fully saturated rings. The number of nitrogens with one attached hydrogen (secondary N) is 2. The zero-order chi connectivity index (χ0) is 13.5. The van der Waals surface area contributed by atoms with Crippen LogP contribution in [0.3, 0.4) is 0 Å². The van der Waals surface area contributed by atoms with E-state index in [0.29, 0.717) is 6.54 Å². The molecule has 0 radical (unpaired) electrons. The number of imidazole rings is 1. The summed E-state index contributed by atoms with van der Waals surface area (Å²) in [5.41, 5.74) is 1.85. The van der Waals surface area contributed by atoms with E-state index in [1.165, 1.54) is 6.26 Å². The third-order valence-electron chi connectivity index (χ3n) is 3.74. The number of fused-ring (bicyclic) bond motifs is 1. The monoisotopic (exact) mass is 279 g/mol. The van der Waals surface area contributed by atoms with Crippen LogP contribution < -0.4 is 5.32 Å². The molecule has 1 aromatic carbocycles. The molecule has 3 rings (SSSR count). The number of para-hydroxylation sites is 2. The van der Waals surface area contributed by atoms with Gasteiger partial charge in [-0.1, -0.05) is 12.1 Å². The van der Waals surface area contributed by atoms with Crippen LogP contribution in [-0.4, -0.2) is 43.0 Å². The molecular weight excluding hydrogens is 262 g/mol. The van der Waals surface area contributed by atoms with Crippen molar-refractivity contribution in [3.8, 4) is 0 Å². The first-order valence-corrected chi connectivity index (χ1v) is 8.35. The molecule has 0 bridgehead atoms. The third kappa shape index (κ3) is 2.37. The summed E-state index contributed by atoms with van der Waals surface area (Å²) in [6.07, 6.45) is 2.10. The van der Waals surface area contributed by atoms with Gasteiger partial charge in [0.15, 0.2) is 9.84 Å². The van der Waals surface area contributed by atoms with Crippen molar-refractivity contribution in [2.75, 3.05) is 19.3 Å². The van der Waals surface area contributed by atoms with Gasteiger partial charge < -0.3 is 10.3 Å². The number of nitrogens with zero attached hydrogens (tertiary/aromatic N) is 1. The first-order chi connectivity index (χ1) is 9.05. The van der Waals surface area contributed by atoms with E-state index in [1.807, 2.05) is 24.3 Å². The van der Waals surface area contributed by atoms with Crippen LogP contribution >= 0.6 is 0 Å². The van der Waals surface area contributed by atoms with Gasteiger partial charge in [-0.3, -0.25) is 0 Å². The van der Waals surface area contributed by atoms with Crippen LogP contribution in [0.1, 0.15) is 18.2 Å². The number of hydrogen-bond donors (Lipinski definition) is 2. The van der Waals surface area contributed by atoms with Crippen LogP contribution in [0.15, 0.2) is 24.3 Å². The van der Waals surface area contributed by atoms with E-state index in [1.54, 1.807) is 0 Å². The van der Waals surface area contributed by atoms with Crippen LogP contribution in [0.4, 0.5) is 0 Å². The van der Waals surface area contributed by atoms with Gasteiger partial charge in [0, 0.05) is 18.7 Å². The number of sulfone groups is 1. The van der Waals surface area contributed by atoms with Crippen molar-refractivity contribution in [1.29, 1.82) is 0 Å². The van der Waals surface area contributed by atoms with E-state index >= 15 is 0 Å². The summed E-state index contributed by atoms with van der Waals surface area (Å²) in [5, 5.41) is 2.75. The molecule has 2 unspecified atom stereocenters. The van der Waals surface area contributed by atoms with Gasteiger partial charge in [-0.15, -0.1) is 0 Å². The highest BCUT2D eigenvalue weighted by Crippen LogP contribution is 2.29. The molecule has 0 aliphatic carbocycles. The van der Waals surface area contributed by atoms with Crippen molar-refractivity contribution < 1.29 is 8.42 Å². The van der Waals surface area contributed by atoms with E-state index in [4.69, 9.17) is 0 Å². The third-order valence-corrected chi connectivity index (χ3v) is 5.33. The Hall–Kier alpha value is -1.40. The van der Waals surface area contributed by atoms with Gasteiger partial charge in [-0.25, -0.2) is 13.4 Å². The topological polar surface area (TPSA) is 74.8 Å². The number of aromatic nitrogens is 2. The quantitative estimate of drug-likeness (QED) is 0.862. The lowest BCUT2D eigenvalue weighted by atomic mass is 9.97. The largest absolute Gasteiger partial charge is 0.342 e. The van der Waals surface area contributed by atoms with E-state index in [-0.39, 0.29) is 5.92 Å². The average molecular weight is 279 g/mol. The minimum Gasteiger partial charge on any atom is -0.342 e. The summed E-state index contributed by atoms with van der Waals surface area (Å²) in [6, 6.07) is 7.78. The fourth-order valence-electron chi connectivity index (χ4n) is 2.74. The summed E-state index contributed by atoms with van der Waals surface area (Å²) in [6.45, 7) is 1.33. The lowest BCUT2D eigenvalue weighted by molar-refractivity contribution is 0.439. The highest BCUT2D eigenvalue weighted by molar-refractivity contribution is 7.91. The van der Waals surface area contributed by atoms with Gasteiger partial charge in [-0.05, 0) is 25.1 Å². The van der Waals surface area contributed by atoms with E-state index < -0.39 is 15.1 Å². The predicted molar refractivity (Wildman–Crippen MR) is 75.0 cm³/mol. The normalized spacial score (nSPS) is 24.7. The second kappa shape index (κ2) is 4.61. The van der Waals surface area contributed by atoms with Crippen LogP contribution in [0.25, 0.3) is 11.0 Å². The van der Waals surface area contributed by atoms with Crippen molar-refractivity contribution in [2.45, 2.75) is 17.6 Å². The summed E-state index contributed by atoms with van der Waals surface area (Å²) < 4.78 is 23.8. The molecule has 19 heavy (non-hydrogen) atoms. The van der Waals surface area contributed by atoms with Gasteiger partial charge in [0.1, 0.15) is 5.82 Å². The maximum absolute atomic E-state index is 11.9. The Morgan fingerprint density at radius 3 is 2.84 bits per heavy atom. The molecule has 1 aliphatic rings. The lowest BCUT2D eigenvalue weighted by Gasteiger charge is -2.29. The second-order valence-corrected chi connectivity index (χ2v) is 7.37. The molecule has 5 nitrogen and oxygen atoms in total. The van der Waals surface area contributed by atoms with Gasteiger partial charge >= 0.3 is 0 Å². The molecule has 0 amide bonds. The van der Waals surface area contributed by atoms with E-state index in [9.17, 15) is 8.42 Å². The molecule has 2 aromatic rings. The summed E-state index contributed by atoms with van der Waals surface area (Å²) in [7, 11) is -3.08. The molecule has 6 heteroatoms. The zero-order valence-corrected chi connectivity index (χ0v) is 11.6. The highest BCUT2D eigenvalue weighted by Gasteiger charge is 2.35. The van der Waals surface area contributed by atoms with Gasteiger partial charge in [0.05, 0.1) is 16.3 Å². The van der Waals surface area contributed by atoms with Crippen LogP contribution in [-0.2, 0) is 9.84 Å². The summed E-state index contributed by atoms with van der Waals surface area (Å²) >= 11 is 0. The SMILES string of the molecule is CS(=O)(=O)C1CNCCC1c1nc2ccccc2[nH]1. The molecule has 2 N–H and O–H groups in total. The predicted octanol–water partition coefficient (Wildman–Crippen LogP) is 1.05. The number of aromatic amines is 1. The highest BCUT2D eigenvalue weighted by atomic mass is 32.2. The molecular formula is C13H17N3O2S. The van der Waals surface area contributed by atoms with E-state index in [2.05, 4.69) is 15.3 Å². The number of rotatable bonds is 2. The number of benzene rings is 1. The smallest absolute Gasteiger partial charge is 0.152 e. The minimum absolute atomic E-state index is 0.0522. The number of piperidine rings is 1. The van der Waals surface area contributed by atoms with Crippen molar-refractivity contribution in [3.05, 3.63) is 30.1 Å². The fourth-order valence-corrected chi connectivity index (χ4v) is 4.02. The molecule has 1 aromatic heterocycles. The molecule has 1 aliphatic heterocycles. The molecule has 2 heterocycles. The Labute approximate surface area is 112 Å². The van der Waals surface area contributed by atoms with Crippen LogP contribution in [0, 0.1) is 0 Å². The molecule has 0 spiro atoms. The first kappa shape index (κ1) is 12.6. The second-order valence-electron chi connectivity index (χ2n) is 5.11. The van der Waals surface area contributed by atoms with Crippen LogP contribution in [0.2, 0.25) is 0 Å². The zero-order valence-electron chi connectivity index (χ0n) is 10.8. The number of H-pyrrole nitrogens is 1. The molecule has 102 valence electrons. The van der Waals surface area contributed by atoms with Crippen molar-refractivity contribution in [2.24, 2.45) is 0 Å². The standard InChI is InChI=1S/C13H17N3O2S/c1-19(17,18)12-8-14-7-6-9(12)13-15-10-4-2-3-5-11(10)16-13/h2-5,9,12,14H,6-8H2,1H3,(H,15,16). The Bertz CT molecular complexity index is 660.